The Labute approximate surface area is 131 Å². The van der Waals surface area contributed by atoms with Crippen LogP contribution >= 0.6 is 11.6 Å². The Kier molecular flexibility index (Phi) is 4.95. The average Bonchev–Trinajstić information content (AvgIpc) is 2.45. The number of nitrogens with one attached hydrogen (secondary N) is 1. The number of hydrogen-bond donors (Lipinski definition) is 2. The Bertz CT molecular complexity index is 704. The van der Waals surface area contributed by atoms with E-state index < -0.39 is 12.1 Å². The Morgan fingerprint density at radius 1 is 1.32 bits per heavy atom. The number of aromatic carboxylic acids is 1. The van der Waals surface area contributed by atoms with Gasteiger partial charge in [0.25, 0.3) is 0 Å². The predicted octanol–water partition coefficient (Wildman–Crippen LogP) is 3.49. The fourth-order valence-corrected chi connectivity index (χ4v) is 2.10. The van der Waals surface area contributed by atoms with Gasteiger partial charge in [0, 0.05) is 0 Å². The van der Waals surface area contributed by atoms with Gasteiger partial charge in [-0.15, -0.1) is 0 Å². The molecule has 7 heteroatoms. The van der Waals surface area contributed by atoms with Gasteiger partial charge in [0.15, 0.2) is 5.82 Å². The normalized spacial score (nSPS) is 10.1. The number of carbonyl (C=O) groups is 2. The summed E-state index contributed by atoms with van der Waals surface area (Å²) in [5.41, 5.74) is 1.08. The minimum absolute atomic E-state index is 0.0641. The molecule has 0 bridgehead atoms. The van der Waals surface area contributed by atoms with Crippen LogP contribution in [0.1, 0.15) is 21.5 Å². The van der Waals surface area contributed by atoms with Gasteiger partial charge in [-0.25, -0.2) is 14.6 Å². The summed E-state index contributed by atoms with van der Waals surface area (Å²) < 4.78 is 5.02. The van der Waals surface area contributed by atoms with E-state index in [9.17, 15) is 14.7 Å². The first-order valence-corrected chi connectivity index (χ1v) is 6.73. The largest absolute Gasteiger partial charge is 0.478 e. The molecule has 0 unspecified atom stereocenters. The summed E-state index contributed by atoms with van der Waals surface area (Å²) in [5, 5.41) is 11.6. The molecule has 0 aliphatic carbocycles. The first-order chi connectivity index (χ1) is 10.5. The molecule has 22 heavy (non-hydrogen) atoms. The van der Waals surface area contributed by atoms with Crippen LogP contribution in [0.2, 0.25) is 5.15 Å². The molecule has 0 aliphatic rings. The van der Waals surface area contributed by atoms with E-state index in [4.69, 9.17) is 16.3 Å². The topological polar surface area (TPSA) is 88.5 Å². The second-order valence-electron chi connectivity index (χ2n) is 4.48. The Hall–Kier alpha value is -2.60. The number of hydrogen-bond acceptors (Lipinski definition) is 4. The number of ether oxygens (including phenoxy) is 1. The van der Waals surface area contributed by atoms with Crippen LogP contribution in [0.5, 0.6) is 0 Å². The maximum Gasteiger partial charge on any atom is 0.413 e. The minimum Gasteiger partial charge on any atom is -0.478 e. The highest BCUT2D eigenvalue weighted by molar-refractivity contribution is 6.29. The number of amides is 1. The summed E-state index contributed by atoms with van der Waals surface area (Å²) in [6.45, 7) is 1.63. The lowest BCUT2D eigenvalue weighted by Gasteiger charge is -2.10. The van der Waals surface area contributed by atoms with Gasteiger partial charge in [0.1, 0.15) is 17.3 Å². The molecule has 1 aromatic heterocycles. The second-order valence-corrected chi connectivity index (χ2v) is 4.86. The maximum absolute atomic E-state index is 11.8. The molecule has 0 saturated carbocycles. The van der Waals surface area contributed by atoms with Crippen molar-refractivity contribution in [3.05, 3.63) is 58.2 Å². The smallest absolute Gasteiger partial charge is 0.413 e. The van der Waals surface area contributed by atoms with Crippen molar-refractivity contribution in [2.45, 2.75) is 13.5 Å². The SMILES string of the molecule is Cc1cc(Cl)nc(NC(=O)OCc2ccccc2)c1C(=O)O. The lowest BCUT2D eigenvalue weighted by molar-refractivity contribution is 0.0697. The molecule has 0 saturated heterocycles. The highest BCUT2D eigenvalue weighted by Crippen LogP contribution is 2.21. The highest BCUT2D eigenvalue weighted by Gasteiger charge is 2.18. The van der Waals surface area contributed by atoms with Crippen LogP contribution in [0, 0.1) is 6.92 Å². The quantitative estimate of drug-likeness (QED) is 0.842. The zero-order valence-electron chi connectivity index (χ0n) is 11.7. The molecular weight excluding hydrogens is 308 g/mol. The number of aromatic nitrogens is 1. The van der Waals surface area contributed by atoms with Crippen molar-refractivity contribution in [3.8, 4) is 0 Å². The molecule has 1 aromatic carbocycles. The van der Waals surface area contributed by atoms with Crippen LogP contribution in [0.3, 0.4) is 0 Å². The fraction of sp³-hybridized carbons (Fsp3) is 0.133. The van der Waals surface area contributed by atoms with E-state index in [0.29, 0.717) is 5.56 Å². The van der Waals surface area contributed by atoms with Gasteiger partial charge in [0.2, 0.25) is 0 Å². The molecule has 1 heterocycles. The molecular formula is C15H13ClN2O4. The standard InChI is InChI=1S/C15H13ClN2O4/c1-9-7-11(16)17-13(12(9)14(19)20)18-15(21)22-8-10-5-3-2-4-6-10/h2-7H,8H2,1H3,(H,19,20)(H,17,18,21). The number of halogens is 1. The minimum atomic E-state index is -1.21. The second kappa shape index (κ2) is 6.91. The Morgan fingerprint density at radius 2 is 2.00 bits per heavy atom. The lowest BCUT2D eigenvalue weighted by Crippen LogP contribution is -2.18. The van der Waals surface area contributed by atoms with Gasteiger partial charge in [0.05, 0.1) is 0 Å². The van der Waals surface area contributed by atoms with E-state index in [1.807, 2.05) is 18.2 Å². The van der Waals surface area contributed by atoms with E-state index in [0.717, 1.165) is 5.56 Å². The van der Waals surface area contributed by atoms with E-state index in [2.05, 4.69) is 10.3 Å². The summed E-state index contributed by atoms with van der Waals surface area (Å²) in [4.78, 5) is 26.8. The number of carboxylic acids is 1. The van der Waals surface area contributed by atoms with Crippen LogP contribution in [-0.2, 0) is 11.3 Å². The van der Waals surface area contributed by atoms with Gasteiger partial charge >= 0.3 is 12.1 Å². The number of rotatable bonds is 4. The third kappa shape index (κ3) is 3.95. The molecule has 0 aliphatic heterocycles. The molecule has 1 amide bonds. The number of aryl methyl sites for hydroxylation is 1. The van der Waals surface area contributed by atoms with Gasteiger partial charge in [-0.1, -0.05) is 41.9 Å². The molecule has 6 nitrogen and oxygen atoms in total. The first kappa shape index (κ1) is 15.8. The number of carbonyl (C=O) groups excluding carboxylic acids is 1. The van der Waals surface area contributed by atoms with Crippen molar-refractivity contribution in [1.82, 2.24) is 4.98 Å². The molecule has 0 radical (unpaired) electrons. The van der Waals surface area contributed by atoms with Gasteiger partial charge < -0.3 is 9.84 Å². The predicted molar refractivity (Wildman–Crippen MR) is 81.2 cm³/mol. The summed E-state index contributed by atoms with van der Waals surface area (Å²) >= 11 is 5.79. The monoisotopic (exact) mass is 320 g/mol. The Morgan fingerprint density at radius 3 is 2.64 bits per heavy atom. The molecule has 0 fully saturated rings. The zero-order chi connectivity index (χ0) is 16.1. The molecule has 0 spiro atoms. The molecule has 2 N–H and O–H groups in total. The fourth-order valence-electron chi connectivity index (χ4n) is 1.85. The van der Waals surface area contributed by atoms with Gasteiger partial charge in [-0.3, -0.25) is 5.32 Å². The van der Waals surface area contributed by atoms with Crippen LogP contribution in [0.25, 0.3) is 0 Å². The average molecular weight is 321 g/mol. The van der Waals surface area contributed by atoms with Gasteiger partial charge in [-0.2, -0.15) is 0 Å². The highest BCUT2D eigenvalue weighted by atomic mass is 35.5. The number of anilines is 1. The van der Waals surface area contributed by atoms with Crippen molar-refractivity contribution in [2.75, 3.05) is 5.32 Å². The van der Waals surface area contributed by atoms with Crippen molar-refractivity contribution in [1.29, 1.82) is 0 Å². The summed E-state index contributed by atoms with van der Waals surface area (Å²) in [7, 11) is 0. The first-order valence-electron chi connectivity index (χ1n) is 6.35. The molecule has 2 rings (SSSR count). The van der Waals surface area contributed by atoms with Gasteiger partial charge in [-0.05, 0) is 24.1 Å². The van der Waals surface area contributed by atoms with Crippen LogP contribution < -0.4 is 5.32 Å². The molecule has 2 aromatic rings. The van der Waals surface area contributed by atoms with Crippen molar-refractivity contribution in [2.24, 2.45) is 0 Å². The number of carboxylic acid groups (broad SMARTS) is 1. The van der Waals surface area contributed by atoms with E-state index in [1.165, 1.54) is 6.07 Å². The molecule has 0 atom stereocenters. The van der Waals surface area contributed by atoms with Crippen molar-refractivity contribution >= 4 is 29.5 Å². The number of nitrogens with zero attached hydrogens (tertiary/aromatic N) is 1. The maximum atomic E-state index is 11.8. The third-order valence-corrected chi connectivity index (χ3v) is 3.03. The summed E-state index contributed by atoms with van der Waals surface area (Å²) in [6.07, 6.45) is -0.805. The number of benzene rings is 1. The van der Waals surface area contributed by atoms with Crippen molar-refractivity contribution in [3.63, 3.8) is 0 Å². The lowest BCUT2D eigenvalue weighted by atomic mass is 10.1. The third-order valence-electron chi connectivity index (χ3n) is 2.83. The zero-order valence-corrected chi connectivity index (χ0v) is 12.4. The number of pyridine rings is 1. The van der Waals surface area contributed by atoms with E-state index >= 15 is 0 Å². The van der Waals surface area contributed by atoms with Crippen LogP contribution in [0.4, 0.5) is 10.6 Å². The molecule has 114 valence electrons. The summed E-state index contributed by atoms with van der Waals surface area (Å²) in [6, 6.07) is 10.5. The van der Waals surface area contributed by atoms with Crippen LogP contribution in [-0.4, -0.2) is 22.2 Å². The Balaban J connectivity index is 2.10. The van der Waals surface area contributed by atoms with E-state index in [-0.39, 0.29) is 23.1 Å². The van der Waals surface area contributed by atoms with Crippen molar-refractivity contribution < 1.29 is 19.4 Å². The van der Waals surface area contributed by atoms with Crippen LogP contribution in [0.15, 0.2) is 36.4 Å². The summed E-state index contributed by atoms with van der Waals surface area (Å²) in [5.74, 6) is -1.35. The van der Waals surface area contributed by atoms with E-state index in [1.54, 1.807) is 19.1 Å².